The lowest BCUT2D eigenvalue weighted by molar-refractivity contribution is -0.0223. The Balaban J connectivity index is 1.36. The van der Waals surface area contributed by atoms with Gasteiger partial charge in [-0.25, -0.2) is 4.79 Å². The predicted molar refractivity (Wildman–Crippen MR) is 106 cm³/mol. The zero-order valence-corrected chi connectivity index (χ0v) is 16.2. The van der Waals surface area contributed by atoms with Crippen molar-refractivity contribution in [3.8, 4) is 0 Å². The maximum absolute atomic E-state index is 11.8. The van der Waals surface area contributed by atoms with Gasteiger partial charge >= 0.3 is 6.09 Å². The molecule has 1 saturated carbocycles. The summed E-state index contributed by atoms with van der Waals surface area (Å²) in [6.07, 6.45) is 7.30. The number of hydrogen-bond acceptors (Lipinski definition) is 3. The molecule has 1 saturated heterocycles. The van der Waals surface area contributed by atoms with Crippen LogP contribution in [0.4, 0.5) is 4.79 Å². The molecule has 0 radical (unpaired) electrons. The van der Waals surface area contributed by atoms with Gasteiger partial charge < -0.3 is 14.7 Å². The molecule has 1 aromatic heterocycles. The van der Waals surface area contributed by atoms with Gasteiger partial charge in [-0.3, -0.25) is 5.10 Å². The van der Waals surface area contributed by atoms with Crippen molar-refractivity contribution in [2.45, 2.75) is 62.5 Å². The molecule has 1 aliphatic heterocycles. The van der Waals surface area contributed by atoms with E-state index < -0.39 is 6.09 Å². The highest BCUT2D eigenvalue weighted by Gasteiger charge is 2.37. The van der Waals surface area contributed by atoms with E-state index in [2.05, 4.69) is 40.5 Å². The number of likely N-dealkylation sites (tertiary alicyclic amines) is 1. The fourth-order valence-corrected chi connectivity index (χ4v) is 4.85. The van der Waals surface area contributed by atoms with E-state index in [9.17, 15) is 9.90 Å². The molecule has 28 heavy (non-hydrogen) atoms. The van der Waals surface area contributed by atoms with E-state index in [0.29, 0.717) is 19.1 Å². The lowest BCUT2D eigenvalue weighted by Crippen LogP contribution is -2.50. The summed E-state index contributed by atoms with van der Waals surface area (Å²) >= 11 is 0. The Bertz CT molecular complexity index is 742. The van der Waals surface area contributed by atoms with Gasteiger partial charge in [-0.05, 0) is 56.1 Å². The number of carboxylic acid groups (broad SMARTS) is 1. The summed E-state index contributed by atoms with van der Waals surface area (Å²) in [7, 11) is 0. The van der Waals surface area contributed by atoms with Crippen LogP contribution in [-0.2, 0) is 4.74 Å². The van der Waals surface area contributed by atoms with E-state index in [1.165, 1.54) is 5.56 Å². The maximum Gasteiger partial charge on any atom is 0.407 e. The first-order chi connectivity index (χ1) is 13.7. The monoisotopic (exact) mass is 383 g/mol. The Labute approximate surface area is 165 Å². The minimum Gasteiger partial charge on any atom is -0.465 e. The normalized spacial score (nSPS) is 28.2. The topological polar surface area (TPSA) is 78.5 Å². The molecule has 2 heterocycles. The average Bonchev–Trinajstić information content (AvgIpc) is 3.27. The minimum atomic E-state index is -0.860. The van der Waals surface area contributed by atoms with E-state index in [4.69, 9.17) is 4.74 Å². The molecular formula is C22H29N3O3. The van der Waals surface area contributed by atoms with Crippen LogP contribution in [0.25, 0.3) is 0 Å². The zero-order chi connectivity index (χ0) is 19.3. The van der Waals surface area contributed by atoms with Gasteiger partial charge in [-0.1, -0.05) is 30.3 Å². The summed E-state index contributed by atoms with van der Waals surface area (Å²) in [6.45, 7) is 1.02. The third-order valence-corrected chi connectivity index (χ3v) is 6.37. The van der Waals surface area contributed by atoms with Crippen LogP contribution in [0.3, 0.4) is 0 Å². The fraction of sp³-hybridized carbons (Fsp3) is 0.545. The summed E-state index contributed by atoms with van der Waals surface area (Å²) in [5.74, 6) is 0.708. The lowest BCUT2D eigenvalue weighted by Gasteiger charge is -2.40. The molecule has 0 bridgehead atoms. The van der Waals surface area contributed by atoms with Crippen molar-refractivity contribution in [3.05, 3.63) is 53.9 Å². The summed E-state index contributed by atoms with van der Waals surface area (Å²) in [4.78, 5) is 13.3. The third kappa shape index (κ3) is 4.22. The van der Waals surface area contributed by atoms with Crippen molar-refractivity contribution in [1.29, 1.82) is 0 Å². The van der Waals surface area contributed by atoms with Crippen LogP contribution >= 0.6 is 0 Å². The zero-order valence-electron chi connectivity index (χ0n) is 16.2. The Morgan fingerprint density at radius 3 is 2.61 bits per heavy atom. The van der Waals surface area contributed by atoms with Crippen LogP contribution in [0.1, 0.15) is 61.6 Å². The predicted octanol–water partition coefficient (Wildman–Crippen LogP) is 4.38. The molecule has 2 aliphatic rings. The number of rotatable bonds is 5. The molecule has 1 aliphatic carbocycles. The molecule has 2 N–H and O–H groups in total. The number of benzene rings is 1. The van der Waals surface area contributed by atoms with Gasteiger partial charge in [0.05, 0.1) is 24.4 Å². The number of nitrogens with zero attached hydrogens (tertiary/aromatic N) is 2. The molecule has 1 amide bonds. The highest BCUT2D eigenvalue weighted by molar-refractivity contribution is 5.65. The second-order valence-corrected chi connectivity index (χ2v) is 8.01. The SMILES string of the molecule is O=C(O)N1CCC[C@H](c2cc[nH]n2)[C@@H]1CO[C@H]1CC[C@@H](c2ccccc2)CC1. The molecule has 6 heteroatoms. The number of carbonyl (C=O) groups is 1. The van der Waals surface area contributed by atoms with E-state index >= 15 is 0 Å². The first-order valence-corrected chi connectivity index (χ1v) is 10.4. The molecular weight excluding hydrogens is 354 g/mol. The summed E-state index contributed by atoms with van der Waals surface area (Å²) in [5, 5.41) is 16.8. The molecule has 6 nitrogen and oxygen atoms in total. The van der Waals surface area contributed by atoms with Crippen molar-refractivity contribution < 1.29 is 14.6 Å². The van der Waals surface area contributed by atoms with Crippen LogP contribution in [0.15, 0.2) is 42.6 Å². The molecule has 2 fully saturated rings. The van der Waals surface area contributed by atoms with Crippen LogP contribution in [0.5, 0.6) is 0 Å². The minimum absolute atomic E-state index is 0.0942. The van der Waals surface area contributed by atoms with E-state index in [0.717, 1.165) is 44.2 Å². The summed E-state index contributed by atoms with van der Waals surface area (Å²) in [6, 6.07) is 12.5. The second kappa shape index (κ2) is 8.78. The van der Waals surface area contributed by atoms with Gasteiger partial charge in [-0.15, -0.1) is 0 Å². The van der Waals surface area contributed by atoms with Gasteiger partial charge in [0.15, 0.2) is 0 Å². The van der Waals surface area contributed by atoms with Gasteiger partial charge in [0.1, 0.15) is 0 Å². The molecule has 1 aromatic carbocycles. The van der Waals surface area contributed by atoms with Gasteiger partial charge in [-0.2, -0.15) is 5.10 Å². The van der Waals surface area contributed by atoms with E-state index in [-0.39, 0.29) is 18.1 Å². The number of aromatic nitrogens is 2. The quantitative estimate of drug-likeness (QED) is 0.803. The summed E-state index contributed by atoms with van der Waals surface area (Å²) in [5.41, 5.74) is 2.36. The highest BCUT2D eigenvalue weighted by Crippen LogP contribution is 2.36. The smallest absolute Gasteiger partial charge is 0.407 e. The van der Waals surface area contributed by atoms with E-state index in [1.54, 1.807) is 11.1 Å². The number of nitrogens with one attached hydrogen (secondary N) is 1. The number of amides is 1. The second-order valence-electron chi connectivity index (χ2n) is 8.01. The molecule has 0 spiro atoms. The van der Waals surface area contributed by atoms with Crippen molar-refractivity contribution in [3.63, 3.8) is 0 Å². The fourth-order valence-electron chi connectivity index (χ4n) is 4.85. The van der Waals surface area contributed by atoms with Crippen LogP contribution in [0.2, 0.25) is 0 Å². The number of H-pyrrole nitrogens is 1. The van der Waals surface area contributed by atoms with Crippen molar-refractivity contribution in [2.24, 2.45) is 0 Å². The average molecular weight is 383 g/mol. The Morgan fingerprint density at radius 1 is 1.14 bits per heavy atom. The van der Waals surface area contributed by atoms with Crippen LogP contribution < -0.4 is 0 Å². The Morgan fingerprint density at radius 2 is 1.93 bits per heavy atom. The Kier molecular flexibility index (Phi) is 5.95. The highest BCUT2D eigenvalue weighted by atomic mass is 16.5. The van der Waals surface area contributed by atoms with Crippen LogP contribution in [-0.4, -0.2) is 51.6 Å². The van der Waals surface area contributed by atoms with Crippen LogP contribution in [0, 0.1) is 0 Å². The summed E-state index contributed by atoms with van der Waals surface area (Å²) < 4.78 is 6.27. The molecule has 150 valence electrons. The molecule has 4 rings (SSSR count). The molecule has 2 aromatic rings. The largest absolute Gasteiger partial charge is 0.465 e. The number of piperidine rings is 1. The number of hydrogen-bond donors (Lipinski definition) is 2. The Hall–Kier alpha value is -2.34. The number of ether oxygens (including phenoxy) is 1. The van der Waals surface area contributed by atoms with Crippen molar-refractivity contribution >= 4 is 6.09 Å². The van der Waals surface area contributed by atoms with Gasteiger partial charge in [0.25, 0.3) is 0 Å². The maximum atomic E-state index is 11.8. The standard InChI is InChI=1S/C22H29N3O3/c26-22(27)25-14-4-7-19(20-12-13-23-24-20)21(25)15-28-18-10-8-17(9-11-18)16-5-2-1-3-6-16/h1-3,5-6,12-13,17-19,21H,4,7-11,14-15H2,(H,23,24)(H,26,27)/t17-,18+,19-,21+/m1/s1. The number of aromatic amines is 1. The first-order valence-electron chi connectivity index (χ1n) is 10.4. The van der Waals surface area contributed by atoms with E-state index in [1.807, 2.05) is 6.07 Å². The first kappa shape index (κ1) is 19.0. The third-order valence-electron chi connectivity index (χ3n) is 6.37. The lowest BCUT2D eigenvalue weighted by atomic mass is 9.82. The van der Waals surface area contributed by atoms with Crippen molar-refractivity contribution in [2.75, 3.05) is 13.2 Å². The molecule has 0 unspecified atom stereocenters. The van der Waals surface area contributed by atoms with Gasteiger partial charge in [0, 0.05) is 18.7 Å². The molecule has 2 atom stereocenters. The van der Waals surface area contributed by atoms with Gasteiger partial charge in [0.2, 0.25) is 0 Å². The van der Waals surface area contributed by atoms with Crippen molar-refractivity contribution in [1.82, 2.24) is 15.1 Å².